The first-order valence-electron chi connectivity index (χ1n) is 6.69. The van der Waals surface area contributed by atoms with Crippen molar-refractivity contribution in [1.82, 2.24) is 15.0 Å². The van der Waals surface area contributed by atoms with Crippen LogP contribution in [0.15, 0.2) is 30.5 Å². The number of carbonyl (C=O) groups is 1. The van der Waals surface area contributed by atoms with E-state index in [1.54, 1.807) is 24.3 Å². The Morgan fingerprint density at radius 3 is 2.50 bits per heavy atom. The molecular formula is C13H14N4O4S. The van der Waals surface area contributed by atoms with Gasteiger partial charge in [-0.05, 0) is 30.7 Å². The van der Waals surface area contributed by atoms with Crippen molar-refractivity contribution in [2.45, 2.75) is 12.8 Å². The second-order valence-corrected chi connectivity index (χ2v) is 7.00. The highest BCUT2D eigenvalue weighted by Crippen LogP contribution is 2.24. The van der Waals surface area contributed by atoms with Crippen LogP contribution in [0.4, 0.5) is 5.69 Å². The number of hydrogen-bond acceptors (Lipinski definition) is 5. The Morgan fingerprint density at radius 2 is 1.91 bits per heavy atom. The molecule has 116 valence electrons. The number of carboxylic acid groups (broad SMARTS) is 1. The van der Waals surface area contributed by atoms with Crippen molar-refractivity contribution in [3.8, 4) is 5.69 Å². The minimum atomic E-state index is -3.19. The SMILES string of the molecule is O=C(O)Cc1cn(-c2ccc(N3CCCS3(=O)=O)cc2)nn1. The Labute approximate surface area is 127 Å². The third-order valence-electron chi connectivity index (χ3n) is 3.37. The Bertz CT molecular complexity index is 798. The molecule has 0 radical (unpaired) electrons. The highest BCUT2D eigenvalue weighted by atomic mass is 32.2. The van der Waals surface area contributed by atoms with Gasteiger partial charge in [-0.3, -0.25) is 9.10 Å². The number of rotatable bonds is 4. The van der Waals surface area contributed by atoms with Crippen LogP contribution in [0, 0.1) is 0 Å². The summed E-state index contributed by atoms with van der Waals surface area (Å²) in [6, 6.07) is 6.86. The fourth-order valence-corrected chi connectivity index (χ4v) is 3.93. The predicted molar refractivity (Wildman–Crippen MR) is 78.4 cm³/mol. The van der Waals surface area contributed by atoms with Gasteiger partial charge in [-0.1, -0.05) is 5.21 Å². The molecule has 22 heavy (non-hydrogen) atoms. The number of anilines is 1. The van der Waals surface area contributed by atoms with Gasteiger partial charge in [-0.15, -0.1) is 5.10 Å². The van der Waals surface area contributed by atoms with Crippen molar-refractivity contribution >= 4 is 21.7 Å². The summed E-state index contributed by atoms with van der Waals surface area (Å²) in [6.07, 6.45) is 1.98. The molecule has 9 heteroatoms. The van der Waals surface area contributed by atoms with E-state index in [2.05, 4.69) is 10.3 Å². The minimum Gasteiger partial charge on any atom is -0.481 e. The van der Waals surface area contributed by atoms with Crippen LogP contribution in [0.1, 0.15) is 12.1 Å². The molecule has 1 aliphatic rings. The van der Waals surface area contributed by atoms with Crippen LogP contribution in [0.3, 0.4) is 0 Å². The summed E-state index contributed by atoms with van der Waals surface area (Å²) in [5.41, 5.74) is 1.66. The molecule has 3 rings (SSSR count). The summed E-state index contributed by atoms with van der Waals surface area (Å²) >= 11 is 0. The summed E-state index contributed by atoms with van der Waals surface area (Å²) in [5, 5.41) is 16.4. The third-order valence-corrected chi connectivity index (χ3v) is 5.24. The van der Waals surface area contributed by atoms with E-state index in [1.165, 1.54) is 15.2 Å². The van der Waals surface area contributed by atoms with Crippen molar-refractivity contribution in [2.75, 3.05) is 16.6 Å². The van der Waals surface area contributed by atoms with Crippen molar-refractivity contribution in [1.29, 1.82) is 0 Å². The number of aliphatic carboxylic acids is 1. The van der Waals surface area contributed by atoms with E-state index in [0.717, 1.165) is 0 Å². The largest absolute Gasteiger partial charge is 0.481 e. The zero-order valence-electron chi connectivity index (χ0n) is 11.6. The van der Waals surface area contributed by atoms with E-state index in [1.807, 2.05) is 0 Å². The highest BCUT2D eigenvalue weighted by Gasteiger charge is 2.28. The van der Waals surface area contributed by atoms with Gasteiger partial charge < -0.3 is 5.11 Å². The second-order valence-electron chi connectivity index (χ2n) is 4.98. The van der Waals surface area contributed by atoms with Crippen LogP contribution in [-0.2, 0) is 21.2 Å². The lowest BCUT2D eigenvalue weighted by molar-refractivity contribution is -0.136. The number of carboxylic acids is 1. The van der Waals surface area contributed by atoms with Gasteiger partial charge in [0.25, 0.3) is 0 Å². The summed E-state index contributed by atoms with van der Waals surface area (Å²) in [7, 11) is -3.19. The van der Waals surface area contributed by atoms with Crippen molar-refractivity contribution < 1.29 is 18.3 Å². The molecule has 1 aliphatic heterocycles. The van der Waals surface area contributed by atoms with Crippen LogP contribution in [0.25, 0.3) is 5.69 Å². The number of nitrogens with zero attached hydrogens (tertiary/aromatic N) is 4. The Balaban J connectivity index is 1.82. The number of benzene rings is 1. The molecule has 1 saturated heterocycles. The Kier molecular flexibility index (Phi) is 3.57. The van der Waals surface area contributed by atoms with Crippen LogP contribution >= 0.6 is 0 Å². The maximum absolute atomic E-state index is 11.9. The van der Waals surface area contributed by atoms with Crippen LogP contribution in [-0.4, -0.2) is 46.8 Å². The second kappa shape index (κ2) is 5.41. The molecule has 1 fully saturated rings. The monoisotopic (exact) mass is 322 g/mol. The average Bonchev–Trinajstić information content (AvgIpc) is 3.04. The van der Waals surface area contributed by atoms with E-state index < -0.39 is 16.0 Å². The zero-order valence-corrected chi connectivity index (χ0v) is 12.4. The molecule has 0 amide bonds. The number of aromatic nitrogens is 3. The van der Waals surface area contributed by atoms with Gasteiger partial charge in [0.2, 0.25) is 10.0 Å². The van der Waals surface area contributed by atoms with Crippen molar-refractivity contribution in [3.63, 3.8) is 0 Å². The number of sulfonamides is 1. The molecule has 2 heterocycles. The van der Waals surface area contributed by atoms with Crippen molar-refractivity contribution in [2.24, 2.45) is 0 Å². The normalized spacial score (nSPS) is 16.8. The summed E-state index contributed by atoms with van der Waals surface area (Å²) < 4.78 is 26.6. The molecule has 1 aromatic carbocycles. The molecule has 1 aromatic heterocycles. The fraction of sp³-hybridized carbons (Fsp3) is 0.308. The van der Waals surface area contributed by atoms with E-state index in [9.17, 15) is 13.2 Å². The van der Waals surface area contributed by atoms with E-state index in [4.69, 9.17) is 5.11 Å². The van der Waals surface area contributed by atoms with Gasteiger partial charge in [-0.2, -0.15) is 0 Å². The van der Waals surface area contributed by atoms with Crippen LogP contribution in [0.5, 0.6) is 0 Å². The maximum atomic E-state index is 11.9. The third kappa shape index (κ3) is 2.80. The van der Waals surface area contributed by atoms with Crippen LogP contribution in [0.2, 0.25) is 0 Å². The molecule has 8 nitrogen and oxygen atoms in total. The average molecular weight is 322 g/mol. The lowest BCUT2D eigenvalue weighted by Crippen LogP contribution is -2.24. The Morgan fingerprint density at radius 1 is 1.23 bits per heavy atom. The maximum Gasteiger partial charge on any atom is 0.309 e. The highest BCUT2D eigenvalue weighted by molar-refractivity contribution is 7.93. The number of hydrogen-bond donors (Lipinski definition) is 1. The molecule has 0 unspecified atom stereocenters. The van der Waals surface area contributed by atoms with Gasteiger partial charge in [0.15, 0.2) is 0 Å². The lowest BCUT2D eigenvalue weighted by Gasteiger charge is -2.16. The summed E-state index contributed by atoms with van der Waals surface area (Å²) in [5.74, 6) is -0.794. The van der Waals surface area contributed by atoms with Crippen LogP contribution < -0.4 is 4.31 Å². The molecule has 0 saturated carbocycles. The predicted octanol–water partition coefficient (Wildman–Crippen LogP) is 0.434. The molecular weight excluding hydrogens is 308 g/mol. The molecule has 2 aromatic rings. The molecule has 0 bridgehead atoms. The van der Waals surface area contributed by atoms with Gasteiger partial charge in [0, 0.05) is 6.54 Å². The topological polar surface area (TPSA) is 105 Å². The zero-order chi connectivity index (χ0) is 15.7. The Hall–Kier alpha value is -2.42. The quantitative estimate of drug-likeness (QED) is 0.875. The first kappa shape index (κ1) is 14.5. The van der Waals surface area contributed by atoms with Crippen molar-refractivity contribution in [3.05, 3.63) is 36.2 Å². The molecule has 0 aliphatic carbocycles. The standard InChI is InChI=1S/C13H14N4O4S/c18-13(19)8-10-9-16(15-14-10)11-2-4-12(5-3-11)17-6-1-7-22(17,20)21/h2-5,9H,1,6-8H2,(H,18,19). The van der Waals surface area contributed by atoms with Gasteiger partial charge >= 0.3 is 5.97 Å². The summed E-state index contributed by atoms with van der Waals surface area (Å²) in [4.78, 5) is 10.6. The summed E-state index contributed by atoms with van der Waals surface area (Å²) in [6.45, 7) is 0.494. The minimum absolute atomic E-state index is 0.177. The fourth-order valence-electron chi connectivity index (χ4n) is 2.36. The molecule has 1 N–H and O–H groups in total. The van der Waals surface area contributed by atoms with Gasteiger partial charge in [0.1, 0.15) is 0 Å². The smallest absolute Gasteiger partial charge is 0.309 e. The first-order chi connectivity index (χ1) is 10.5. The molecule has 0 spiro atoms. The van der Waals surface area contributed by atoms with E-state index >= 15 is 0 Å². The van der Waals surface area contributed by atoms with E-state index in [0.29, 0.717) is 30.0 Å². The van der Waals surface area contributed by atoms with Gasteiger partial charge in [-0.25, -0.2) is 13.1 Å². The van der Waals surface area contributed by atoms with Gasteiger partial charge in [0.05, 0.1) is 35.4 Å². The molecule has 0 atom stereocenters. The van der Waals surface area contributed by atoms with E-state index in [-0.39, 0.29) is 12.2 Å². The first-order valence-corrected chi connectivity index (χ1v) is 8.30. The lowest BCUT2D eigenvalue weighted by atomic mass is 10.2.